The molecule has 0 aliphatic heterocycles. The zero-order valence-electron chi connectivity index (χ0n) is 8.11. The van der Waals surface area contributed by atoms with Crippen molar-refractivity contribution in [1.82, 2.24) is 0 Å². The Morgan fingerprint density at radius 1 is 1.45 bits per heavy atom. The predicted molar refractivity (Wildman–Crippen MR) is 50.6 cm³/mol. The maximum Gasteiger partial charge on any atom is -0.0292 e. The van der Waals surface area contributed by atoms with E-state index in [1.165, 1.54) is 32.1 Å². The highest BCUT2D eigenvalue weighted by atomic mass is 14.2. The van der Waals surface area contributed by atoms with Crippen molar-refractivity contribution in [1.29, 1.82) is 0 Å². The lowest BCUT2D eigenvalue weighted by Crippen LogP contribution is -2.05. The van der Waals surface area contributed by atoms with Crippen LogP contribution in [0.3, 0.4) is 0 Å². The first-order valence-corrected chi connectivity index (χ1v) is 4.91. The summed E-state index contributed by atoms with van der Waals surface area (Å²) in [6.07, 6.45) is 6.81. The topological polar surface area (TPSA) is 0 Å². The van der Waals surface area contributed by atoms with Gasteiger partial charge in [-0.3, -0.25) is 0 Å². The first-order chi connectivity index (χ1) is 5.24. The summed E-state index contributed by atoms with van der Waals surface area (Å²) >= 11 is 0. The molecule has 0 radical (unpaired) electrons. The molecule has 0 saturated carbocycles. The van der Waals surface area contributed by atoms with Crippen LogP contribution in [0.1, 0.15) is 52.9 Å². The Balaban J connectivity index is 2.56. The van der Waals surface area contributed by atoms with Crippen LogP contribution in [0.4, 0.5) is 0 Å². The van der Waals surface area contributed by atoms with Gasteiger partial charge in [-0.05, 0) is 38.5 Å². The molecule has 0 saturated heterocycles. The van der Waals surface area contributed by atoms with Crippen molar-refractivity contribution in [3.05, 3.63) is 11.1 Å². The van der Waals surface area contributed by atoms with Crippen molar-refractivity contribution in [2.75, 3.05) is 0 Å². The first kappa shape index (κ1) is 8.83. The molecule has 0 heteroatoms. The normalized spacial score (nSPS) is 25.9. The highest BCUT2D eigenvalue weighted by Crippen LogP contribution is 2.31. The monoisotopic (exact) mass is 152 g/mol. The van der Waals surface area contributed by atoms with E-state index in [9.17, 15) is 0 Å². The minimum atomic E-state index is 0.945. The minimum Gasteiger partial charge on any atom is -0.0741 e. The molecule has 0 aromatic carbocycles. The van der Waals surface area contributed by atoms with E-state index in [4.69, 9.17) is 0 Å². The Hall–Kier alpha value is -0.260. The number of allylic oxidation sites excluding steroid dienone is 2. The fourth-order valence-electron chi connectivity index (χ4n) is 1.95. The first-order valence-electron chi connectivity index (χ1n) is 4.91. The van der Waals surface area contributed by atoms with Crippen LogP contribution in [0.15, 0.2) is 11.1 Å². The highest BCUT2D eigenvalue weighted by molar-refractivity contribution is 5.15. The molecule has 1 rings (SSSR count). The van der Waals surface area contributed by atoms with Gasteiger partial charge in [-0.25, -0.2) is 0 Å². The van der Waals surface area contributed by atoms with Gasteiger partial charge in [0.05, 0.1) is 0 Å². The number of hydrogen-bond acceptors (Lipinski definition) is 0. The zero-order valence-corrected chi connectivity index (χ0v) is 8.11. The molecule has 0 aromatic rings. The van der Waals surface area contributed by atoms with Gasteiger partial charge in [0.1, 0.15) is 0 Å². The second-order valence-electron chi connectivity index (χ2n) is 3.98. The van der Waals surface area contributed by atoms with Gasteiger partial charge < -0.3 is 0 Å². The standard InChI is InChI=1S/C11H20/c1-4-5-11-8-9(2)6-7-10(11)3/h9H,4-8H2,1-3H3. The maximum atomic E-state index is 2.38. The van der Waals surface area contributed by atoms with Crippen molar-refractivity contribution >= 4 is 0 Å². The zero-order chi connectivity index (χ0) is 8.27. The second-order valence-corrected chi connectivity index (χ2v) is 3.98. The van der Waals surface area contributed by atoms with E-state index >= 15 is 0 Å². The average molecular weight is 152 g/mol. The summed E-state index contributed by atoms with van der Waals surface area (Å²) in [5, 5.41) is 0. The Bertz CT molecular complexity index is 153. The SMILES string of the molecule is CCCC1=C(C)CCC(C)C1. The van der Waals surface area contributed by atoms with Crippen molar-refractivity contribution in [3.8, 4) is 0 Å². The molecular weight excluding hydrogens is 132 g/mol. The van der Waals surface area contributed by atoms with Gasteiger partial charge in [-0.15, -0.1) is 0 Å². The fraction of sp³-hybridized carbons (Fsp3) is 0.818. The van der Waals surface area contributed by atoms with Crippen LogP contribution < -0.4 is 0 Å². The van der Waals surface area contributed by atoms with E-state index in [2.05, 4.69) is 20.8 Å². The summed E-state index contributed by atoms with van der Waals surface area (Å²) in [7, 11) is 0. The van der Waals surface area contributed by atoms with Crippen LogP contribution in [0, 0.1) is 5.92 Å². The van der Waals surface area contributed by atoms with Gasteiger partial charge in [0.25, 0.3) is 0 Å². The molecule has 1 aliphatic carbocycles. The molecule has 1 aliphatic rings. The maximum absolute atomic E-state index is 2.38. The second kappa shape index (κ2) is 3.94. The summed E-state index contributed by atoms with van der Waals surface area (Å²) in [5.74, 6) is 0.945. The van der Waals surface area contributed by atoms with E-state index < -0.39 is 0 Å². The van der Waals surface area contributed by atoms with Crippen LogP contribution in [-0.2, 0) is 0 Å². The minimum absolute atomic E-state index is 0.945. The molecule has 0 aromatic heterocycles. The highest BCUT2D eigenvalue weighted by Gasteiger charge is 2.13. The summed E-state index contributed by atoms with van der Waals surface area (Å²) in [6.45, 7) is 6.97. The Morgan fingerprint density at radius 3 is 2.82 bits per heavy atom. The van der Waals surface area contributed by atoms with Crippen molar-refractivity contribution < 1.29 is 0 Å². The van der Waals surface area contributed by atoms with E-state index in [1.807, 2.05) is 0 Å². The summed E-state index contributed by atoms with van der Waals surface area (Å²) < 4.78 is 0. The van der Waals surface area contributed by atoms with Crippen LogP contribution >= 0.6 is 0 Å². The molecule has 0 N–H and O–H groups in total. The van der Waals surface area contributed by atoms with Crippen LogP contribution in [0.5, 0.6) is 0 Å². The van der Waals surface area contributed by atoms with Gasteiger partial charge in [-0.1, -0.05) is 31.4 Å². The van der Waals surface area contributed by atoms with Gasteiger partial charge in [0, 0.05) is 0 Å². The Labute approximate surface area is 70.7 Å². The van der Waals surface area contributed by atoms with Gasteiger partial charge >= 0.3 is 0 Å². The summed E-state index contributed by atoms with van der Waals surface area (Å²) in [5.41, 5.74) is 3.44. The van der Waals surface area contributed by atoms with Crippen LogP contribution in [0.2, 0.25) is 0 Å². The molecule has 0 nitrogen and oxygen atoms in total. The molecular formula is C11H20. The molecule has 0 heterocycles. The van der Waals surface area contributed by atoms with E-state index in [-0.39, 0.29) is 0 Å². The summed E-state index contributed by atoms with van der Waals surface area (Å²) in [4.78, 5) is 0. The lowest BCUT2D eigenvalue weighted by Gasteiger charge is -2.22. The van der Waals surface area contributed by atoms with Crippen molar-refractivity contribution in [3.63, 3.8) is 0 Å². The molecule has 0 fully saturated rings. The van der Waals surface area contributed by atoms with E-state index in [1.54, 1.807) is 11.1 Å². The fourth-order valence-corrected chi connectivity index (χ4v) is 1.95. The third-order valence-electron chi connectivity index (χ3n) is 2.76. The van der Waals surface area contributed by atoms with Crippen molar-refractivity contribution in [2.45, 2.75) is 52.9 Å². The molecule has 0 bridgehead atoms. The van der Waals surface area contributed by atoms with Crippen molar-refractivity contribution in [2.24, 2.45) is 5.92 Å². The summed E-state index contributed by atoms with van der Waals surface area (Å²) in [6, 6.07) is 0. The molecule has 64 valence electrons. The van der Waals surface area contributed by atoms with Gasteiger partial charge in [-0.2, -0.15) is 0 Å². The molecule has 11 heavy (non-hydrogen) atoms. The lowest BCUT2D eigenvalue weighted by atomic mass is 9.84. The van der Waals surface area contributed by atoms with Gasteiger partial charge in [0.2, 0.25) is 0 Å². The largest absolute Gasteiger partial charge is 0.0741 e. The molecule has 1 unspecified atom stereocenters. The van der Waals surface area contributed by atoms with E-state index in [0.717, 1.165) is 5.92 Å². The van der Waals surface area contributed by atoms with E-state index in [0.29, 0.717) is 0 Å². The third kappa shape index (κ3) is 2.36. The number of hydrogen-bond donors (Lipinski definition) is 0. The van der Waals surface area contributed by atoms with Gasteiger partial charge in [0.15, 0.2) is 0 Å². The smallest absolute Gasteiger partial charge is 0.0292 e. The van der Waals surface area contributed by atoms with Crippen LogP contribution in [0.25, 0.3) is 0 Å². The van der Waals surface area contributed by atoms with Crippen LogP contribution in [-0.4, -0.2) is 0 Å². The predicted octanol–water partition coefficient (Wildman–Crippen LogP) is 3.92. The lowest BCUT2D eigenvalue weighted by molar-refractivity contribution is 0.484. The average Bonchev–Trinajstić information content (AvgIpc) is 1.98. The molecule has 1 atom stereocenters. The Kier molecular flexibility index (Phi) is 3.16. The third-order valence-corrected chi connectivity index (χ3v) is 2.76. The molecule has 0 amide bonds. The Morgan fingerprint density at radius 2 is 2.18 bits per heavy atom. The number of rotatable bonds is 2. The quantitative estimate of drug-likeness (QED) is 0.526. The molecule has 0 spiro atoms.